The van der Waals surface area contributed by atoms with Crippen molar-refractivity contribution in [3.63, 3.8) is 0 Å². The summed E-state index contributed by atoms with van der Waals surface area (Å²) in [5.74, 6) is 0.994. The van der Waals surface area contributed by atoms with Crippen LogP contribution in [0.1, 0.15) is 44.1 Å². The fraction of sp³-hybridized carbons (Fsp3) is 0.542. The lowest BCUT2D eigenvalue weighted by molar-refractivity contribution is -0.362. The molecule has 9 heteroatoms. The van der Waals surface area contributed by atoms with Crippen LogP contribution in [0.5, 0.6) is 0 Å². The fourth-order valence-electron chi connectivity index (χ4n) is 4.69. The number of fused-ring (bicyclic) bond motifs is 1. The minimum Gasteiger partial charge on any atom is -0.402 e. The van der Waals surface area contributed by atoms with Crippen LogP contribution in [0.4, 0.5) is 5.95 Å². The minimum atomic E-state index is 0.309. The molecule has 1 aromatic heterocycles. The van der Waals surface area contributed by atoms with Crippen molar-refractivity contribution < 1.29 is 9.72 Å². The Balaban J connectivity index is 1.30. The lowest BCUT2D eigenvalue weighted by Crippen LogP contribution is -2.50. The Morgan fingerprint density at radius 3 is 2.73 bits per heavy atom. The third-order valence-corrected chi connectivity index (χ3v) is 7.39. The number of aromatic amines is 1. The summed E-state index contributed by atoms with van der Waals surface area (Å²) in [4.78, 5) is 14.9. The van der Waals surface area contributed by atoms with Crippen molar-refractivity contribution in [2.24, 2.45) is 16.1 Å². The second-order valence-electron chi connectivity index (χ2n) is 9.89. The highest BCUT2D eigenvalue weighted by atomic mass is 35.5. The molecule has 0 amide bonds. The number of likely N-dealkylation sites (tertiary alicyclic amines) is 1. The number of allylic oxidation sites excluding steroid dienone is 1. The van der Waals surface area contributed by atoms with Crippen LogP contribution in [0.15, 0.2) is 35.2 Å². The zero-order valence-electron chi connectivity index (χ0n) is 18.9. The van der Waals surface area contributed by atoms with Crippen LogP contribution in [0.2, 0.25) is 5.02 Å². The largest absolute Gasteiger partial charge is 0.402 e. The Bertz CT molecular complexity index is 1090. The van der Waals surface area contributed by atoms with Gasteiger partial charge < -0.3 is 15.4 Å². The van der Waals surface area contributed by atoms with Gasteiger partial charge in [0.25, 0.3) is 0 Å². The van der Waals surface area contributed by atoms with Gasteiger partial charge in [-0.3, -0.25) is 4.99 Å². The Hall–Kier alpha value is -1.93. The van der Waals surface area contributed by atoms with Crippen molar-refractivity contribution in [3.8, 4) is 0 Å². The number of halogens is 2. The molecule has 2 aromatic rings. The van der Waals surface area contributed by atoms with Gasteiger partial charge in [0.1, 0.15) is 0 Å². The van der Waals surface area contributed by atoms with E-state index in [1.165, 1.54) is 11.8 Å². The topological polar surface area (TPSA) is 89.9 Å². The summed E-state index contributed by atoms with van der Waals surface area (Å²) in [6.45, 7) is 7.35. The molecule has 0 unspecified atom stereocenters. The summed E-state index contributed by atoms with van der Waals surface area (Å²) in [6, 6.07) is 4.44. The van der Waals surface area contributed by atoms with Gasteiger partial charge in [-0.15, -0.1) is 0 Å². The average molecular weight is 490 g/mol. The van der Waals surface area contributed by atoms with Gasteiger partial charge in [-0.05, 0) is 62.4 Å². The van der Waals surface area contributed by atoms with Crippen LogP contribution >= 0.6 is 23.2 Å². The molecular formula is C24H31Cl2N6O+. The van der Waals surface area contributed by atoms with Crippen LogP contribution in [0.25, 0.3) is 10.9 Å². The maximum absolute atomic E-state index is 6.71. The van der Waals surface area contributed by atoms with E-state index in [9.17, 15) is 0 Å². The van der Waals surface area contributed by atoms with E-state index in [4.69, 9.17) is 38.7 Å². The van der Waals surface area contributed by atoms with Crippen molar-refractivity contribution in [3.05, 3.63) is 40.8 Å². The molecule has 3 aliphatic rings. The molecule has 33 heavy (non-hydrogen) atoms. The summed E-state index contributed by atoms with van der Waals surface area (Å²) in [5, 5.41) is 5.30. The first-order valence-electron chi connectivity index (χ1n) is 11.7. The second-order valence-corrected chi connectivity index (χ2v) is 10.7. The minimum absolute atomic E-state index is 0.309. The lowest BCUT2D eigenvalue weighted by Gasteiger charge is -2.43. The molecule has 0 atom stereocenters. The monoisotopic (exact) mass is 489 g/mol. The number of ether oxygens (including phenoxy) is 1. The van der Waals surface area contributed by atoms with E-state index in [2.05, 4.69) is 33.2 Å². The van der Waals surface area contributed by atoms with Crippen LogP contribution in [-0.4, -0.2) is 53.9 Å². The molecule has 0 radical (unpaired) electrons. The van der Waals surface area contributed by atoms with Gasteiger partial charge in [-0.25, -0.2) is 10.3 Å². The number of nitrogens with two attached hydrogens (primary N) is 1. The zero-order valence-corrected chi connectivity index (χ0v) is 20.4. The van der Waals surface area contributed by atoms with Crippen molar-refractivity contribution in [1.82, 2.24) is 9.88 Å². The highest BCUT2D eigenvalue weighted by Gasteiger charge is 2.36. The van der Waals surface area contributed by atoms with Gasteiger partial charge in [0, 0.05) is 28.6 Å². The van der Waals surface area contributed by atoms with Crippen LogP contribution in [0.3, 0.4) is 0 Å². The van der Waals surface area contributed by atoms with Gasteiger partial charge >= 0.3 is 5.95 Å². The SMILES string of the molecule is CC1(CN2CCC(c3cc4nc(N/C(=C/N)C(Cl)=NC5CC5)[nH+]cc4cc3Cl)CC2)COC1. The van der Waals surface area contributed by atoms with Gasteiger partial charge in [-0.1, -0.05) is 35.1 Å². The van der Waals surface area contributed by atoms with Gasteiger partial charge in [0.05, 0.1) is 25.5 Å². The number of anilines is 1. The number of hydrogen-bond acceptors (Lipinski definition) is 6. The molecule has 2 aliphatic heterocycles. The third kappa shape index (κ3) is 5.27. The number of nitrogens with zero attached hydrogens (tertiary/aromatic N) is 3. The molecule has 0 bridgehead atoms. The predicted octanol–water partition coefficient (Wildman–Crippen LogP) is 3.93. The number of piperidine rings is 1. The van der Waals surface area contributed by atoms with E-state index in [0.717, 1.165) is 74.5 Å². The molecule has 176 valence electrons. The maximum Gasteiger partial charge on any atom is 0.394 e. The van der Waals surface area contributed by atoms with Crippen LogP contribution in [-0.2, 0) is 4.74 Å². The molecule has 2 saturated heterocycles. The molecule has 4 N–H and O–H groups in total. The average Bonchev–Trinajstić information content (AvgIpc) is 3.60. The smallest absolute Gasteiger partial charge is 0.394 e. The van der Waals surface area contributed by atoms with Crippen molar-refractivity contribution in [1.29, 1.82) is 0 Å². The fourth-order valence-corrected chi connectivity index (χ4v) is 5.26. The summed E-state index contributed by atoms with van der Waals surface area (Å²) in [6.07, 6.45) is 7.66. The second kappa shape index (κ2) is 9.37. The third-order valence-electron chi connectivity index (χ3n) is 6.76. The first-order valence-corrected chi connectivity index (χ1v) is 12.4. The normalized spacial score (nSPS) is 22.4. The number of aliphatic imine (C=N–C) groups is 1. The van der Waals surface area contributed by atoms with Crippen molar-refractivity contribution in [2.45, 2.75) is 44.6 Å². The number of H-pyrrole nitrogens is 1. The molecule has 1 aromatic carbocycles. The summed E-state index contributed by atoms with van der Waals surface area (Å²) < 4.78 is 5.42. The van der Waals surface area contributed by atoms with Crippen LogP contribution < -0.4 is 16.0 Å². The molecule has 0 spiro atoms. The molecule has 3 heterocycles. The number of hydrogen-bond donors (Lipinski definition) is 2. The van der Waals surface area contributed by atoms with E-state index in [0.29, 0.717) is 34.2 Å². The summed E-state index contributed by atoms with van der Waals surface area (Å²) in [5.41, 5.74) is 8.69. The Labute approximate surface area is 204 Å². The highest BCUT2D eigenvalue weighted by molar-refractivity contribution is 6.69. The van der Waals surface area contributed by atoms with Crippen molar-refractivity contribution >= 4 is 45.2 Å². The first-order chi connectivity index (χ1) is 15.9. The van der Waals surface area contributed by atoms with E-state index >= 15 is 0 Å². The molecule has 3 fully saturated rings. The first kappa shape index (κ1) is 22.8. The number of rotatable bonds is 7. The van der Waals surface area contributed by atoms with Gasteiger partial charge in [-0.2, -0.15) is 0 Å². The Morgan fingerprint density at radius 2 is 2.09 bits per heavy atom. The van der Waals surface area contributed by atoms with Crippen LogP contribution in [0, 0.1) is 5.41 Å². The van der Waals surface area contributed by atoms with E-state index in [-0.39, 0.29) is 0 Å². The van der Waals surface area contributed by atoms with E-state index < -0.39 is 0 Å². The lowest BCUT2D eigenvalue weighted by atomic mass is 9.85. The molecule has 1 aliphatic carbocycles. The summed E-state index contributed by atoms with van der Waals surface area (Å²) in [7, 11) is 0. The quantitative estimate of drug-likeness (QED) is 0.574. The van der Waals surface area contributed by atoms with Crippen molar-refractivity contribution in [2.75, 3.05) is 38.2 Å². The van der Waals surface area contributed by atoms with E-state index in [1.807, 2.05) is 12.3 Å². The number of benzene rings is 1. The number of aromatic nitrogens is 2. The summed E-state index contributed by atoms with van der Waals surface area (Å²) >= 11 is 13.0. The molecular weight excluding hydrogens is 459 g/mol. The highest BCUT2D eigenvalue weighted by Crippen LogP contribution is 2.36. The molecule has 5 rings (SSSR count). The molecule has 1 saturated carbocycles. The van der Waals surface area contributed by atoms with E-state index in [1.54, 1.807) is 0 Å². The predicted molar refractivity (Wildman–Crippen MR) is 133 cm³/mol. The van der Waals surface area contributed by atoms with Gasteiger partial charge in [0.15, 0.2) is 16.4 Å². The Morgan fingerprint density at radius 1 is 1.33 bits per heavy atom. The Kier molecular flexibility index (Phi) is 6.49. The molecule has 7 nitrogen and oxygen atoms in total. The zero-order chi connectivity index (χ0) is 23.0. The van der Waals surface area contributed by atoms with Gasteiger partial charge in [0.2, 0.25) is 0 Å². The standard InChI is InChI=1S/C24H30Cl2N6O/c1-24(13-33-14-24)12-32-6-4-15(5-7-32)18-9-20-16(8-19(18)25)11-28-23(30-20)31-21(10-27)22(26)29-17-2-3-17/h8-11,15,17H,2-7,12-14,27H2,1H3,(H,28,30,31)/p+1/b21-10+,29-22?. The maximum atomic E-state index is 6.71. The number of nitrogens with one attached hydrogen (secondary N) is 2.